The van der Waals surface area contributed by atoms with Gasteiger partial charge in [-0.2, -0.15) is 0 Å². The smallest absolute Gasteiger partial charge is 0.239 e. The molecule has 23 heavy (non-hydrogen) atoms. The summed E-state index contributed by atoms with van der Waals surface area (Å²) in [5.41, 5.74) is 0.836. The second-order valence-electron chi connectivity index (χ2n) is 6.37. The minimum absolute atomic E-state index is 0.101. The molecule has 2 aliphatic heterocycles. The van der Waals surface area contributed by atoms with E-state index < -0.39 is 5.92 Å². The Morgan fingerprint density at radius 1 is 1.35 bits per heavy atom. The number of anilines is 1. The Kier molecular flexibility index (Phi) is 5.02. The number of para-hydroxylation sites is 1. The first-order valence-electron chi connectivity index (χ1n) is 8.16. The van der Waals surface area contributed by atoms with E-state index >= 15 is 0 Å². The van der Waals surface area contributed by atoms with Gasteiger partial charge in [-0.05, 0) is 60.8 Å². The normalized spacial score (nSPS) is 28.0. The largest absolute Gasteiger partial charge is 0.353 e. The molecule has 0 saturated carbocycles. The van der Waals surface area contributed by atoms with Crippen LogP contribution in [0.5, 0.6) is 0 Å². The molecule has 0 aromatic heterocycles. The van der Waals surface area contributed by atoms with Crippen molar-refractivity contribution >= 4 is 33.4 Å². The molecule has 3 rings (SSSR count). The van der Waals surface area contributed by atoms with E-state index in [1.54, 1.807) is 4.90 Å². The van der Waals surface area contributed by atoms with Gasteiger partial charge in [0, 0.05) is 23.1 Å². The van der Waals surface area contributed by atoms with E-state index in [0.29, 0.717) is 19.0 Å². The number of amides is 2. The number of hydrogen-bond donors (Lipinski definition) is 2. The molecule has 2 heterocycles. The van der Waals surface area contributed by atoms with Crippen LogP contribution >= 0.6 is 15.9 Å². The second kappa shape index (κ2) is 7.01. The summed E-state index contributed by atoms with van der Waals surface area (Å²) in [5, 5.41) is 6.44. The van der Waals surface area contributed by atoms with E-state index in [-0.39, 0.29) is 17.9 Å². The number of piperidine rings is 1. The predicted octanol–water partition coefficient (Wildman–Crippen LogP) is 2.06. The van der Waals surface area contributed by atoms with Crippen molar-refractivity contribution in [2.45, 2.75) is 38.3 Å². The zero-order valence-electron chi connectivity index (χ0n) is 13.2. The molecule has 2 aliphatic rings. The SMILES string of the molecule is CC1CC(NC(=O)C2CCN(c3ccccc3Br)C2=O)CCN1. The first-order valence-corrected chi connectivity index (χ1v) is 8.95. The van der Waals surface area contributed by atoms with Crippen LogP contribution in [0.15, 0.2) is 28.7 Å². The average Bonchev–Trinajstić information content (AvgIpc) is 2.89. The van der Waals surface area contributed by atoms with Gasteiger partial charge >= 0.3 is 0 Å². The number of carbonyl (C=O) groups excluding carboxylic acids is 2. The fraction of sp³-hybridized carbons (Fsp3) is 0.529. The van der Waals surface area contributed by atoms with Gasteiger partial charge in [0.05, 0.1) is 5.69 Å². The number of hydrogen-bond acceptors (Lipinski definition) is 3. The van der Waals surface area contributed by atoms with Crippen molar-refractivity contribution in [3.05, 3.63) is 28.7 Å². The van der Waals surface area contributed by atoms with Crippen molar-refractivity contribution in [2.75, 3.05) is 18.0 Å². The molecule has 0 radical (unpaired) electrons. The fourth-order valence-electron chi connectivity index (χ4n) is 3.40. The van der Waals surface area contributed by atoms with E-state index in [2.05, 4.69) is 33.5 Å². The van der Waals surface area contributed by atoms with E-state index in [4.69, 9.17) is 0 Å². The molecule has 124 valence electrons. The van der Waals surface area contributed by atoms with Crippen molar-refractivity contribution in [1.82, 2.24) is 10.6 Å². The number of halogens is 1. The summed E-state index contributed by atoms with van der Waals surface area (Å²) < 4.78 is 0.876. The maximum atomic E-state index is 12.6. The van der Waals surface area contributed by atoms with Crippen LogP contribution in [0, 0.1) is 5.92 Å². The number of benzene rings is 1. The number of carbonyl (C=O) groups is 2. The second-order valence-corrected chi connectivity index (χ2v) is 7.22. The molecule has 0 spiro atoms. The minimum Gasteiger partial charge on any atom is -0.353 e. The van der Waals surface area contributed by atoms with Crippen LogP contribution in [0.3, 0.4) is 0 Å². The van der Waals surface area contributed by atoms with Gasteiger partial charge in [-0.3, -0.25) is 9.59 Å². The number of rotatable bonds is 3. The third-order valence-electron chi connectivity index (χ3n) is 4.64. The Balaban J connectivity index is 1.64. The zero-order valence-corrected chi connectivity index (χ0v) is 14.8. The van der Waals surface area contributed by atoms with Gasteiger partial charge in [0.2, 0.25) is 11.8 Å². The molecule has 2 amide bonds. The fourth-order valence-corrected chi connectivity index (χ4v) is 3.90. The van der Waals surface area contributed by atoms with Crippen LogP contribution in [-0.4, -0.2) is 37.0 Å². The monoisotopic (exact) mass is 379 g/mol. The molecular weight excluding hydrogens is 358 g/mol. The Labute approximate surface area is 144 Å². The van der Waals surface area contributed by atoms with Crippen LogP contribution in [0.2, 0.25) is 0 Å². The highest BCUT2D eigenvalue weighted by atomic mass is 79.9. The van der Waals surface area contributed by atoms with Crippen LogP contribution in [-0.2, 0) is 9.59 Å². The van der Waals surface area contributed by atoms with Crippen LogP contribution in [0.4, 0.5) is 5.69 Å². The zero-order chi connectivity index (χ0) is 16.4. The average molecular weight is 380 g/mol. The maximum Gasteiger partial charge on any atom is 0.239 e. The van der Waals surface area contributed by atoms with Crippen molar-refractivity contribution in [3.8, 4) is 0 Å². The lowest BCUT2D eigenvalue weighted by atomic mass is 9.99. The lowest BCUT2D eigenvalue weighted by Crippen LogP contribution is -2.49. The van der Waals surface area contributed by atoms with Crippen LogP contribution in [0.1, 0.15) is 26.2 Å². The van der Waals surface area contributed by atoms with Gasteiger partial charge in [0.15, 0.2) is 0 Å². The Hall–Kier alpha value is -1.40. The van der Waals surface area contributed by atoms with Crippen molar-refractivity contribution in [3.63, 3.8) is 0 Å². The number of nitrogens with zero attached hydrogens (tertiary/aromatic N) is 1. The molecule has 5 nitrogen and oxygen atoms in total. The van der Waals surface area contributed by atoms with Crippen molar-refractivity contribution in [1.29, 1.82) is 0 Å². The van der Waals surface area contributed by atoms with E-state index in [1.807, 2.05) is 24.3 Å². The minimum atomic E-state index is -0.563. The molecule has 3 unspecified atom stereocenters. The molecule has 0 aliphatic carbocycles. The third-order valence-corrected chi connectivity index (χ3v) is 5.31. The van der Waals surface area contributed by atoms with Gasteiger partial charge in [-0.1, -0.05) is 12.1 Å². The molecule has 1 aromatic rings. The van der Waals surface area contributed by atoms with Gasteiger partial charge in [-0.15, -0.1) is 0 Å². The number of nitrogens with one attached hydrogen (secondary N) is 2. The quantitative estimate of drug-likeness (QED) is 0.790. The van der Waals surface area contributed by atoms with Gasteiger partial charge < -0.3 is 15.5 Å². The van der Waals surface area contributed by atoms with Gasteiger partial charge in [-0.25, -0.2) is 0 Å². The van der Waals surface area contributed by atoms with E-state index in [9.17, 15) is 9.59 Å². The molecule has 2 fully saturated rings. The van der Waals surface area contributed by atoms with Crippen molar-refractivity contribution < 1.29 is 9.59 Å². The van der Waals surface area contributed by atoms with Crippen LogP contribution < -0.4 is 15.5 Å². The van der Waals surface area contributed by atoms with Gasteiger partial charge in [0.1, 0.15) is 5.92 Å². The molecule has 2 saturated heterocycles. The Bertz CT molecular complexity index is 607. The molecule has 0 bridgehead atoms. The topological polar surface area (TPSA) is 61.4 Å². The summed E-state index contributed by atoms with van der Waals surface area (Å²) in [6.45, 7) is 3.61. The maximum absolute atomic E-state index is 12.6. The first kappa shape index (κ1) is 16.5. The molecule has 3 atom stereocenters. The highest BCUT2D eigenvalue weighted by Gasteiger charge is 2.39. The highest BCUT2D eigenvalue weighted by Crippen LogP contribution is 2.31. The van der Waals surface area contributed by atoms with E-state index in [1.165, 1.54) is 0 Å². The molecule has 2 N–H and O–H groups in total. The third kappa shape index (κ3) is 3.58. The standard InChI is InChI=1S/C17H22BrN3O2/c1-11-10-12(6-8-19-11)20-16(22)13-7-9-21(17(13)23)15-5-3-2-4-14(15)18/h2-5,11-13,19H,6-10H2,1H3,(H,20,22). The summed E-state index contributed by atoms with van der Waals surface area (Å²) in [6, 6.07) is 8.20. The van der Waals surface area contributed by atoms with E-state index in [0.717, 1.165) is 29.5 Å². The molecule has 6 heteroatoms. The van der Waals surface area contributed by atoms with Crippen molar-refractivity contribution in [2.24, 2.45) is 5.92 Å². The van der Waals surface area contributed by atoms with Crippen LogP contribution in [0.25, 0.3) is 0 Å². The van der Waals surface area contributed by atoms with Gasteiger partial charge in [0.25, 0.3) is 0 Å². The molecular formula is C17H22BrN3O2. The summed E-state index contributed by atoms with van der Waals surface area (Å²) in [4.78, 5) is 26.8. The Morgan fingerprint density at radius 3 is 2.87 bits per heavy atom. The predicted molar refractivity (Wildman–Crippen MR) is 93.2 cm³/mol. The highest BCUT2D eigenvalue weighted by molar-refractivity contribution is 9.10. The molecule has 1 aromatic carbocycles. The Morgan fingerprint density at radius 2 is 2.13 bits per heavy atom. The summed E-state index contributed by atoms with van der Waals surface area (Å²) >= 11 is 3.48. The summed E-state index contributed by atoms with van der Waals surface area (Å²) in [7, 11) is 0. The summed E-state index contributed by atoms with van der Waals surface area (Å²) in [6.07, 6.45) is 2.41. The lowest BCUT2D eigenvalue weighted by Gasteiger charge is -2.29. The summed E-state index contributed by atoms with van der Waals surface area (Å²) in [5.74, 6) is -0.785. The lowest BCUT2D eigenvalue weighted by molar-refractivity contribution is -0.132. The first-order chi connectivity index (χ1) is 11.1.